The molecule has 1 atom stereocenters. The van der Waals surface area contributed by atoms with Crippen molar-refractivity contribution in [3.8, 4) is 0 Å². The van der Waals surface area contributed by atoms with Crippen LogP contribution in [0.1, 0.15) is 17.3 Å². The molecule has 0 aliphatic carbocycles. The van der Waals surface area contributed by atoms with Gasteiger partial charge in [0.25, 0.3) is 10.7 Å². The molecule has 0 fully saturated rings. The van der Waals surface area contributed by atoms with Crippen molar-refractivity contribution in [3.63, 3.8) is 0 Å². The molecule has 18 heavy (non-hydrogen) atoms. The number of oxazole rings is 1. The first-order chi connectivity index (χ1) is 8.60. The number of amides is 1. The minimum absolute atomic E-state index is 0.0360. The highest BCUT2D eigenvalue weighted by Gasteiger charge is 2.09. The van der Waals surface area contributed by atoms with Gasteiger partial charge in [0.1, 0.15) is 0 Å². The highest BCUT2D eigenvalue weighted by Crippen LogP contribution is 2.15. The third kappa shape index (κ3) is 2.77. The lowest BCUT2D eigenvalue weighted by atomic mass is 10.1. The monoisotopic (exact) mass is 266 g/mol. The topological polar surface area (TPSA) is 78.3 Å². The zero-order chi connectivity index (χ0) is 13.1. The fourth-order valence-electron chi connectivity index (χ4n) is 1.52. The molecule has 1 amide bonds. The second-order valence-corrected chi connectivity index (χ2v) is 4.59. The molecule has 0 aliphatic rings. The maximum atomic E-state index is 11.8. The van der Waals surface area contributed by atoms with Crippen molar-refractivity contribution in [2.24, 2.45) is 5.92 Å². The van der Waals surface area contributed by atoms with Gasteiger partial charge in [-0.1, -0.05) is 6.92 Å². The fourth-order valence-corrected chi connectivity index (χ4v) is 1.72. The average molecular weight is 266 g/mol. The molecule has 1 heterocycles. The van der Waals surface area contributed by atoms with Gasteiger partial charge in [-0.05, 0) is 36.3 Å². The lowest BCUT2D eigenvalue weighted by Crippen LogP contribution is -2.29. The molecule has 1 unspecified atom stereocenters. The Kier molecular flexibility index (Phi) is 3.78. The summed E-state index contributed by atoms with van der Waals surface area (Å²) in [5.74, 6) is -0.159. The van der Waals surface area contributed by atoms with Gasteiger partial charge >= 0.3 is 0 Å². The van der Waals surface area contributed by atoms with E-state index in [1.165, 1.54) is 0 Å². The van der Waals surface area contributed by atoms with Crippen LogP contribution in [0.2, 0.25) is 0 Å². The van der Waals surface area contributed by atoms with Crippen LogP contribution in [-0.4, -0.2) is 29.1 Å². The third-order valence-electron chi connectivity index (χ3n) is 2.61. The smallest absolute Gasteiger partial charge is 0.266 e. The summed E-state index contributed by atoms with van der Waals surface area (Å²) in [7, 11) is 0. The molecule has 96 valence electrons. The maximum Gasteiger partial charge on any atom is 0.266 e. The summed E-state index contributed by atoms with van der Waals surface area (Å²) < 4.78 is 5.24. The van der Waals surface area contributed by atoms with Crippen molar-refractivity contribution < 1.29 is 14.3 Å². The van der Waals surface area contributed by atoms with Crippen LogP contribution in [0.4, 0.5) is 0 Å². The van der Waals surface area contributed by atoms with E-state index in [1.807, 2.05) is 6.92 Å². The van der Waals surface area contributed by atoms with Crippen LogP contribution in [0.5, 0.6) is 0 Å². The number of aliphatic hydroxyl groups excluding tert-OH is 1. The first-order valence-corrected chi connectivity index (χ1v) is 6.03. The van der Waals surface area contributed by atoms with Crippen molar-refractivity contribution in [2.75, 3.05) is 13.2 Å². The standard InChI is InChI=1S/C12H14N2O3S/c1-7(6-15)5-13-11(16)8-2-3-9-10(4-8)17-12(18)14-9/h2-4,7,15H,5-6H2,1H3,(H,13,16)(H,14,18). The van der Waals surface area contributed by atoms with E-state index in [0.717, 1.165) is 5.52 Å². The van der Waals surface area contributed by atoms with Crippen LogP contribution in [0.25, 0.3) is 11.1 Å². The van der Waals surface area contributed by atoms with Crippen molar-refractivity contribution in [1.29, 1.82) is 0 Å². The number of rotatable bonds is 4. The Morgan fingerprint density at radius 2 is 2.39 bits per heavy atom. The van der Waals surface area contributed by atoms with E-state index < -0.39 is 0 Å². The van der Waals surface area contributed by atoms with Crippen LogP contribution in [0.15, 0.2) is 22.6 Å². The minimum atomic E-state index is -0.195. The van der Waals surface area contributed by atoms with Crippen molar-refractivity contribution >= 4 is 29.2 Å². The third-order valence-corrected chi connectivity index (χ3v) is 2.79. The molecule has 1 aromatic heterocycles. The number of H-pyrrole nitrogens is 1. The highest BCUT2D eigenvalue weighted by atomic mass is 32.1. The normalized spacial score (nSPS) is 12.6. The number of aliphatic hydroxyl groups is 1. The first kappa shape index (κ1) is 12.8. The predicted molar refractivity (Wildman–Crippen MR) is 70.0 cm³/mol. The average Bonchev–Trinajstić information content (AvgIpc) is 2.74. The predicted octanol–water partition coefficient (Wildman–Crippen LogP) is 1.85. The van der Waals surface area contributed by atoms with Gasteiger partial charge in [0.15, 0.2) is 5.58 Å². The fraction of sp³-hybridized carbons (Fsp3) is 0.333. The quantitative estimate of drug-likeness (QED) is 0.738. The maximum absolute atomic E-state index is 11.8. The Balaban J connectivity index is 2.15. The van der Waals surface area contributed by atoms with Crippen LogP contribution >= 0.6 is 12.2 Å². The van der Waals surface area contributed by atoms with Crippen molar-refractivity contribution in [3.05, 3.63) is 28.6 Å². The molecule has 5 nitrogen and oxygen atoms in total. The Morgan fingerprint density at radius 1 is 1.61 bits per heavy atom. The van der Waals surface area contributed by atoms with Gasteiger partial charge < -0.3 is 19.8 Å². The molecule has 0 bridgehead atoms. The van der Waals surface area contributed by atoms with Crippen LogP contribution in [-0.2, 0) is 0 Å². The van der Waals surface area contributed by atoms with Gasteiger partial charge in [0.2, 0.25) is 0 Å². The highest BCUT2D eigenvalue weighted by molar-refractivity contribution is 7.71. The van der Waals surface area contributed by atoms with Gasteiger partial charge in [0, 0.05) is 18.7 Å². The molecule has 0 aliphatic heterocycles. The summed E-state index contributed by atoms with van der Waals surface area (Å²) in [5, 5.41) is 11.6. The number of carbonyl (C=O) groups is 1. The summed E-state index contributed by atoms with van der Waals surface area (Å²) in [6.45, 7) is 2.34. The van der Waals surface area contributed by atoms with Crippen LogP contribution in [0.3, 0.4) is 0 Å². The number of carbonyl (C=O) groups excluding carboxylic acids is 1. The van der Waals surface area contributed by atoms with Gasteiger partial charge in [-0.2, -0.15) is 0 Å². The summed E-state index contributed by atoms with van der Waals surface area (Å²) in [6, 6.07) is 5.08. The number of hydrogen-bond acceptors (Lipinski definition) is 4. The van der Waals surface area contributed by atoms with E-state index in [2.05, 4.69) is 10.3 Å². The summed E-state index contributed by atoms with van der Waals surface area (Å²) in [5.41, 5.74) is 1.83. The molecule has 1 aromatic carbocycles. The molecule has 0 spiro atoms. The SMILES string of the molecule is CC(CO)CNC(=O)c1ccc2[nH]c(=S)oc2c1. The van der Waals surface area contributed by atoms with Crippen molar-refractivity contribution in [1.82, 2.24) is 10.3 Å². The Hall–Kier alpha value is -1.66. The first-order valence-electron chi connectivity index (χ1n) is 5.62. The summed E-state index contributed by atoms with van der Waals surface area (Å²) in [6.07, 6.45) is 0. The molecule has 0 saturated carbocycles. The minimum Gasteiger partial charge on any atom is -0.429 e. The number of hydrogen-bond donors (Lipinski definition) is 3. The Bertz CT molecular complexity index is 617. The number of fused-ring (bicyclic) bond motifs is 1. The Labute approximate surface area is 109 Å². The number of nitrogens with one attached hydrogen (secondary N) is 2. The molecular formula is C12H14N2O3S. The molecule has 3 N–H and O–H groups in total. The van der Waals surface area contributed by atoms with E-state index in [9.17, 15) is 4.79 Å². The molecular weight excluding hydrogens is 252 g/mol. The molecule has 0 saturated heterocycles. The summed E-state index contributed by atoms with van der Waals surface area (Å²) in [4.78, 5) is 15.0. The lowest BCUT2D eigenvalue weighted by molar-refractivity contribution is 0.0942. The largest absolute Gasteiger partial charge is 0.429 e. The molecule has 6 heteroatoms. The number of benzene rings is 1. The molecule has 2 aromatic rings. The number of aromatic amines is 1. The van der Waals surface area contributed by atoms with Crippen molar-refractivity contribution in [2.45, 2.75) is 6.92 Å². The zero-order valence-corrected chi connectivity index (χ0v) is 10.7. The summed E-state index contributed by atoms with van der Waals surface area (Å²) >= 11 is 4.87. The van der Waals surface area contributed by atoms with Gasteiger partial charge in [-0.25, -0.2) is 0 Å². The van der Waals surface area contributed by atoms with Crippen LogP contribution < -0.4 is 5.32 Å². The second-order valence-electron chi connectivity index (χ2n) is 4.22. The lowest BCUT2D eigenvalue weighted by Gasteiger charge is -2.09. The van der Waals surface area contributed by atoms with Gasteiger partial charge in [-0.3, -0.25) is 4.79 Å². The van der Waals surface area contributed by atoms with Gasteiger partial charge in [-0.15, -0.1) is 0 Å². The van der Waals surface area contributed by atoms with Crippen LogP contribution in [0, 0.1) is 10.8 Å². The van der Waals surface area contributed by atoms with E-state index in [4.69, 9.17) is 21.7 Å². The van der Waals surface area contributed by atoms with E-state index in [1.54, 1.807) is 18.2 Å². The molecule has 2 rings (SSSR count). The van der Waals surface area contributed by atoms with Gasteiger partial charge in [0.05, 0.1) is 5.52 Å². The zero-order valence-electron chi connectivity index (χ0n) is 9.90. The molecule has 0 radical (unpaired) electrons. The van der Waals surface area contributed by atoms with E-state index in [-0.39, 0.29) is 23.3 Å². The van der Waals surface area contributed by atoms with E-state index in [0.29, 0.717) is 17.7 Å². The van der Waals surface area contributed by atoms with E-state index >= 15 is 0 Å². The second kappa shape index (κ2) is 5.32. The Morgan fingerprint density at radius 3 is 3.11 bits per heavy atom. The number of aromatic nitrogens is 1.